The molecule has 0 aliphatic rings. The number of carbonyl (C=O) groups excluding carboxylic acids is 1. The van der Waals surface area contributed by atoms with Crippen molar-refractivity contribution in [3.8, 4) is 0 Å². The number of amides is 1. The van der Waals surface area contributed by atoms with Crippen LogP contribution in [0.1, 0.15) is 24.9 Å². The Hall–Kier alpha value is -0.910. The number of nitrogens with two attached hydrogens (primary N) is 1. The largest absolute Gasteiger partial charge is 0.385 e. The van der Waals surface area contributed by atoms with E-state index in [9.17, 15) is 4.79 Å². The van der Waals surface area contributed by atoms with E-state index >= 15 is 0 Å². The van der Waals surface area contributed by atoms with Crippen molar-refractivity contribution in [1.29, 1.82) is 0 Å². The first-order valence-electron chi connectivity index (χ1n) is 5.85. The van der Waals surface area contributed by atoms with Gasteiger partial charge in [0.25, 0.3) is 0 Å². The minimum Gasteiger partial charge on any atom is -0.385 e. The summed E-state index contributed by atoms with van der Waals surface area (Å²) >= 11 is 3.38. The Morgan fingerprint density at radius 2 is 2.06 bits per heavy atom. The molecule has 0 heterocycles. The molecule has 0 aliphatic heterocycles. The fourth-order valence-corrected chi connectivity index (χ4v) is 1.80. The number of hydrogen-bond acceptors (Lipinski definition) is 3. The maximum absolute atomic E-state index is 11.8. The Kier molecular flexibility index (Phi) is 6.32. The van der Waals surface area contributed by atoms with Crippen LogP contribution in [0.15, 0.2) is 28.7 Å². The lowest BCUT2D eigenvalue weighted by atomic mass is 10.1. The second-order valence-electron chi connectivity index (χ2n) is 4.17. The minimum atomic E-state index is -0.525. The maximum atomic E-state index is 11.8. The highest BCUT2D eigenvalue weighted by atomic mass is 79.9. The zero-order chi connectivity index (χ0) is 13.5. The van der Waals surface area contributed by atoms with Crippen LogP contribution in [0.3, 0.4) is 0 Å². The smallest absolute Gasteiger partial charge is 0.237 e. The molecule has 0 bridgehead atoms. The molecule has 0 fully saturated rings. The van der Waals surface area contributed by atoms with Crippen molar-refractivity contribution in [2.75, 3.05) is 13.7 Å². The van der Waals surface area contributed by atoms with Gasteiger partial charge in [-0.15, -0.1) is 0 Å². The van der Waals surface area contributed by atoms with Crippen LogP contribution in [0.4, 0.5) is 0 Å². The van der Waals surface area contributed by atoms with Gasteiger partial charge in [-0.1, -0.05) is 28.1 Å². The molecular formula is C13H19BrN2O2. The van der Waals surface area contributed by atoms with Crippen molar-refractivity contribution < 1.29 is 9.53 Å². The third-order valence-corrected chi connectivity index (χ3v) is 3.23. The number of benzene rings is 1. The van der Waals surface area contributed by atoms with Crippen LogP contribution < -0.4 is 11.1 Å². The lowest BCUT2D eigenvalue weighted by Gasteiger charge is -2.17. The molecule has 0 aromatic heterocycles. The van der Waals surface area contributed by atoms with Crippen LogP contribution in [-0.4, -0.2) is 25.7 Å². The molecule has 0 saturated heterocycles. The van der Waals surface area contributed by atoms with Crippen LogP contribution >= 0.6 is 15.9 Å². The van der Waals surface area contributed by atoms with Crippen molar-refractivity contribution in [3.05, 3.63) is 34.3 Å². The van der Waals surface area contributed by atoms with Gasteiger partial charge in [0.05, 0.1) is 12.1 Å². The number of carbonyl (C=O) groups is 1. The maximum Gasteiger partial charge on any atom is 0.237 e. The standard InChI is InChI=1S/C13H19BrN2O2/c1-9(10-3-5-11(14)6-4-10)16-13(17)12(15)7-8-18-2/h3-6,9,12H,7-8,15H2,1-2H3,(H,16,17). The van der Waals surface area contributed by atoms with Gasteiger partial charge in [0.2, 0.25) is 5.91 Å². The number of methoxy groups -OCH3 is 1. The lowest BCUT2D eigenvalue weighted by molar-refractivity contribution is -0.123. The molecule has 1 amide bonds. The molecule has 5 heteroatoms. The minimum absolute atomic E-state index is 0.0563. The number of hydrogen-bond donors (Lipinski definition) is 2. The van der Waals surface area contributed by atoms with Crippen LogP contribution in [-0.2, 0) is 9.53 Å². The van der Waals surface area contributed by atoms with E-state index in [1.807, 2.05) is 31.2 Å². The van der Waals surface area contributed by atoms with E-state index in [0.29, 0.717) is 13.0 Å². The van der Waals surface area contributed by atoms with Gasteiger partial charge in [-0.05, 0) is 31.0 Å². The van der Waals surface area contributed by atoms with Gasteiger partial charge in [-0.25, -0.2) is 0 Å². The highest BCUT2D eigenvalue weighted by Gasteiger charge is 2.16. The van der Waals surface area contributed by atoms with Crippen LogP contribution in [0.2, 0.25) is 0 Å². The second kappa shape index (κ2) is 7.51. The average Bonchev–Trinajstić information content (AvgIpc) is 2.36. The summed E-state index contributed by atoms with van der Waals surface area (Å²) in [5.41, 5.74) is 6.80. The summed E-state index contributed by atoms with van der Waals surface area (Å²) in [6.07, 6.45) is 0.523. The number of rotatable bonds is 6. The van der Waals surface area contributed by atoms with Gasteiger partial charge in [-0.3, -0.25) is 4.79 Å². The van der Waals surface area contributed by atoms with E-state index in [0.717, 1.165) is 10.0 Å². The Morgan fingerprint density at radius 1 is 1.44 bits per heavy atom. The second-order valence-corrected chi connectivity index (χ2v) is 5.09. The van der Waals surface area contributed by atoms with E-state index < -0.39 is 6.04 Å². The van der Waals surface area contributed by atoms with Gasteiger partial charge >= 0.3 is 0 Å². The van der Waals surface area contributed by atoms with Crippen molar-refractivity contribution >= 4 is 21.8 Å². The molecule has 18 heavy (non-hydrogen) atoms. The molecule has 100 valence electrons. The quantitative estimate of drug-likeness (QED) is 0.844. The lowest BCUT2D eigenvalue weighted by Crippen LogP contribution is -2.42. The Bertz CT molecular complexity index is 381. The molecule has 0 radical (unpaired) electrons. The summed E-state index contributed by atoms with van der Waals surface area (Å²) < 4.78 is 5.92. The van der Waals surface area contributed by atoms with Crippen molar-refractivity contribution in [3.63, 3.8) is 0 Å². The van der Waals surface area contributed by atoms with Crippen LogP contribution in [0.25, 0.3) is 0 Å². The Balaban J connectivity index is 2.51. The fraction of sp³-hybridized carbons (Fsp3) is 0.462. The monoisotopic (exact) mass is 314 g/mol. The third kappa shape index (κ3) is 4.76. The summed E-state index contributed by atoms with van der Waals surface area (Å²) in [7, 11) is 1.59. The van der Waals surface area contributed by atoms with Crippen molar-refractivity contribution in [2.45, 2.75) is 25.4 Å². The zero-order valence-electron chi connectivity index (χ0n) is 10.7. The number of ether oxygens (including phenoxy) is 1. The molecule has 1 rings (SSSR count). The first kappa shape index (κ1) is 15.1. The Labute approximate surface area is 116 Å². The van der Waals surface area contributed by atoms with E-state index in [-0.39, 0.29) is 11.9 Å². The predicted octanol–water partition coefficient (Wildman–Crippen LogP) is 1.99. The molecule has 0 saturated carbocycles. The van der Waals surface area contributed by atoms with E-state index in [1.165, 1.54) is 0 Å². The normalized spacial score (nSPS) is 14.0. The fourth-order valence-electron chi connectivity index (χ4n) is 1.53. The summed E-state index contributed by atoms with van der Waals surface area (Å²) in [4.78, 5) is 11.8. The summed E-state index contributed by atoms with van der Waals surface area (Å²) in [5.74, 6) is -0.150. The van der Waals surface area contributed by atoms with Crippen molar-refractivity contribution in [1.82, 2.24) is 5.32 Å². The summed E-state index contributed by atoms with van der Waals surface area (Å²) in [6, 6.07) is 7.25. The SMILES string of the molecule is COCCC(N)C(=O)NC(C)c1ccc(Br)cc1. The van der Waals surface area contributed by atoms with E-state index in [4.69, 9.17) is 10.5 Å². The highest BCUT2D eigenvalue weighted by molar-refractivity contribution is 9.10. The molecule has 3 N–H and O–H groups in total. The number of halogens is 1. The molecule has 2 unspecified atom stereocenters. The molecule has 0 spiro atoms. The van der Waals surface area contributed by atoms with Crippen LogP contribution in [0.5, 0.6) is 0 Å². The van der Waals surface area contributed by atoms with Gasteiger partial charge in [0.1, 0.15) is 0 Å². The first-order valence-corrected chi connectivity index (χ1v) is 6.64. The molecule has 0 aliphatic carbocycles. The van der Waals surface area contributed by atoms with Crippen LogP contribution in [0, 0.1) is 0 Å². The zero-order valence-corrected chi connectivity index (χ0v) is 12.2. The topological polar surface area (TPSA) is 64.3 Å². The predicted molar refractivity (Wildman–Crippen MR) is 75.2 cm³/mol. The van der Waals surface area contributed by atoms with Gasteiger partial charge in [0.15, 0.2) is 0 Å². The molecule has 1 aromatic carbocycles. The molecule has 1 aromatic rings. The summed E-state index contributed by atoms with van der Waals surface area (Å²) in [6.45, 7) is 2.42. The van der Waals surface area contributed by atoms with Gasteiger partial charge in [0, 0.05) is 18.2 Å². The van der Waals surface area contributed by atoms with Gasteiger partial charge < -0.3 is 15.8 Å². The first-order chi connectivity index (χ1) is 8.54. The Morgan fingerprint density at radius 3 is 2.61 bits per heavy atom. The van der Waals surface area contributed by atoms with Crippen molar-refractivity contribution in [2.24, 2.45) is 5.73 Å². The molecule has 2 atom stereocenters. The summed E-state index contributed by atoms with van der Waals surface area (Å²) in [5, 5.41) is 2.89. The third-order valence-electron chi connectivity index (χ3n) is 2.70. The molecular weight excluding hydrogens is 296 g/mol. The molecule has 4 nitrogen and oxygen atoms in total. The highest BCUT2D eigenvalue weighted by Crippen LogP contribution is 2.16. The average molecular weight is 315 g/mol. The van der Waals surface area contributed by atoms with Gasteiger partial charge in [-0.2, -0.15) is 0 Å². The van der Waals surface area contributed by atoms with E-state index in [1.54, 1.807) is 7.11 Å². The number of nitrogens with one attached hydrogen (secondary N) is 1. The van der Waals surface area contributed by atoms with E-state index in [2.05, 4.69) is 21.2 Å².